The number of H-pyrrole nitrogens is 1. The number of para-hydroxylation sites is 1. The van der Waals surface area contributed by atoms with Gasteiger partial charge in [0, 0.05) is 6.42 Å². The Bertz CT molecular complexity index is 1410. The maximum absolute atomic E-state index is 13.7. The fourth-order valence-corrected chi connectivity index (χ4v) is 5.08. The topological polar surface area (TPSA) is 150 Å². The van der Waals surface area contributed by atoms with E-state index in [4.69, 9.17) is 0 Å². The number of amides is 2. The van der Waals surface area contributed by atoms with Crippen LogP contribution in [0.25, 0.3) is 10.9 Å². The molecule has 208 valence electrons. The predicted octanol–water partition coefficient (Wildman–Crippen LogP) is 2.03. The van der Waals surface area contributed by atoms with Crippen molar-refractivity contribution < 1.29 is 19.5 Å². The molecule has 12 heteroatoms. The lowest BCUT2D eigenvalue weighted by atomic mass is 10.0. The molecule has 1 aromatic heterocycles. The maximum atomic E-state index is 13.7. The second-order valence-electron chi connectivity index (χ2n) is 8.88. The molecule has 3 aromatic rings. The van der Waals surface area contributed by atoms with Crippen LogP contribution < -0.4 is 21.9 Å². The van der Waals surface area contributed by atoms with E-state index >= 15 is 0 Å². The van der Waals surface area contributed by atoms with E-state index in [9.17, 15) is 29.1 Å². The van der Waals surface area contributed by atoms with E-state index in [1.807, 2.05) is 18.6 Å². The lowest BCUT2D eigenvalue weighted by Gasteiger charge is -2.25. The fourth-order valence-electron chi connectivity index (χ4n) is 4.14. The molecule has 0 saturated carbocycles. The minimum atomic E-state index is -1.26. The van der Waals surface area contributed by atoms with Crippen LogP contribution in [0.1, 0.15) is 24.4 Å². The third-order valence-electron chi connectivity index (χ3n) is 6.19. The zero-order valence-electron chi connectivity index (χ0n) is 21.7. The van der Waals surface area contributed by atoms with E-state index in [-0.39, 0.29) is 24.6 Å². The second kappa shape index (κ2) is 14.6. The van der Waals surface area contributed by atoms with E-state index in [1.54, 1.807) is 48.5 Å². The highest BCUT2D eigenvalue weighted by molar-refractivity contribution is 7.98. The van der Waals surface area contributed by atoms with Crippen LogP contribution in [0.15, 0.2) is 64.2 Å². The Kier molecular flexibility index (Phi) is 11.2. The molecule has 0 aliphatic heterocycles. The average molecular weight is 573 g/mol. The molecule has 0 bridgehead atoms. The van der Waals surface area contributed by atoms with E-state index < -0.39 is 47.2 Å². The van der Waals surface area contributed by atoms with Crippen LogP contribution in [0, 0.1) is 0 Å². The standard InChI is InChI=1S/C27H32N4O6S2/c1-38-14-12-20(23(32)29-21(26(35)36)13-15-39-2)28-24(33)22(16-17-8-4-3-5-9-17)31-25(34)18-10-6-7-11-19(18)30-27(31)37/h3-11,20-22H,12-16H2,1-2H3,(H,28,33)(H,29,32)(H,30,37)(H,35,36). The molecule has 4 N–H and O–H groups in total. The largest absolute Gasteiger partial charge is 0.480 e. The Labute approximate surface area is 234 Å². The number of nitrogens with one attached hydrogen (secondary N) is 3. The molecule has 1 heterocycles. The number of thioether (sulfide) groups is 2. The summed E-state index contributed by atoms with van der Waals surface area (Å²) in [5.74, 6) is -1.45. The van der Waals surface area contributed by atoms with Crippen molar-refractivity contribution in [3.63, 3.8) is 0 Å². The zero-order valence-corrected chi connectivity index (χ0v) is 23.3. The number of aromatic amines is 1. The first kappa shape index (κ1) is 30.0. The van der Waals surface area contributed by atoms with Gasteiger partial charge in [-0.1, -0.05) is 42.5 Å². The summed E-state index contributed by atoms with van der Waals surface area (Å²) in [6.07, 6.45) is 4.17. The number of rotatable bonds is 14. The van der Waals surface area contributed by atoms with Gasteiger partial charge in [0.2, 0.25) is 11.8 Å². The molecule has 0 fully saturated rings. The van der Waals surface area contributed by atoms with Crippen molar-refractivity contribution in [2.24, 2.45) is 0 Å². The summed E-state index contributed by atoms with van der Waals surface area (Å²) in [7, 11) is 0. The number of carbonyl (C=O) groups is 3. The summed E-state index contributed by atoms with van der Waals surface area (Å²) >= 11 is 2.93. The van der Waals surface area contributed by atoms with Gasteiger partial charge in [0.1, 0.15) is 18.1 Å². The van der Waals surface area contributed by atoms with Crippen molar-refractivity contribution in [3.8, 4) is 0 Å². The quantitative estimate of drug-likeness (QED) is 0.229. The molecule has 10 nitrogen and oxygen atoms in total. The number of nitrogens with zero attached hydrogens (tertiary/aromatic N) is 1. The zero-order chi connectivity index (χ0) is 28.4. The van der Waals surface area contributed by atoms with Gasteiger partial charge in [0.15, 0.2) is 0 Å². The summed E-state index contributed by atoms with van der Waals surface area (Å²) in [6, 6.07) is 12.0. The van der Waals surface area contributed by atoms with Gasteiger partial charge >= 0.3 is 11.7 Å². The molecule has 3 atom stereocenters. The van der Waals surface area contributed by atoms with Crippen molar-refractivity contribution in [3.05, 3.63) is 81.0 Å². The van der Waals surface area contributed by atoms with Gasteiger partial charge in [-0.05, 0) is 54.6 Å². The predicted molar refractivity (Wildman–Crippen MR) is 156 cm³/mol. The Morgan fingerprint density at radius 2 is 1.46 bits per heavy atom. The molecule has 2 amide bonds. The van der Waals surface area contributed by atoms with Gasteiger partial charge in [0.05, 0.1) is 10.9 Å². The van der Waals surface area contributed by atoms with Gasteiger partial charge < -0.3 is 20.7 Å². The van der Waals surface area contributed by atoms with Crippen LogP contribution >= 0.6 is 23.5 Å². The third kappa shape index (κ3) is 7.99. The Morgan fingerprint density at radius 1 is 0.872 bits per heavy atom. The number of hydrogen-bond donors (Lipinski definition) is 4. The summed E-state index contributed by atoms with van der Waals surface area (Å²) < 4.78 is 0.882. The van der Waals surface area contributed by atoms with Crippen LogP contribution in [0.5, 0.6) is 0 Å². The van der Waals surface area contributed by atoms with Crippen molar-refractivity contribution in [2.45, 2.75) is 37.4 Å². The number of hydrogen-bond acceptors (Lipinski definition) is 7. The van der Waals surface area contributed by atoms with Crippen molar-refractivity contribution in [2.75, 3.05) is 24.0 Å². The fraction of sp³-hybridized carbons (Fsp3) is 0.370. The number of benzene rings is 2. The lowest BCUT2D eigenvalue weighted by Crippen LogP contribution is -2.54. The monoisotopic (exact) mass is 572 g/mol. The molecule has 39 heavy (non-hydrogen) atoms. The van der Waals surface area contributed by atoms with E-state index in [2.05, 4.69) is 15.6 Å². The highest BCUT2D eigenvalue weighted by Crippen LogP contribution is 2.15. The van der Waals surface area contributed by atoms with Gasteiger partial charge in [-0.3, -0.25) is 14.4 Å². The smallest absolute Gasteiger partial charge is 0.329 e. The normalized spacial score (nSPS) is 13.4. The number of aliphatic carboxylic acids is 1. The van der Waals surface area contributed by atoms with Gasteiger partial charge in [0.25, 0.3) is 5.56 Å². The molecular formula is C27H32N4O6S2. The van der Waals surface area contributed by atoms with E-state index in [1.165, 1.54) is 23.5 Å². The third-order valence-corrected chi connectivity index (χ3v) is 7.48. The van der Waals surface area contributed by atoms with Crippen LogP contribution in [0.3, 0.4) is 0 Å². The minimum Gasteiger partial charge on any atom is -0.480 e. The van der Waals surface area contributed by atoms with Crippen molar-refractivity contribution in [1.82, 2.24) is 20.2 Å². The summed E-state index contributed by atoms with van der Waals surface area (Å²) in [4.78, 5) is 67.7. The lowest BCUT2D eigenvalue weighted by molar-refractivity contribution is -0.142. The van der Waals surface area contributed by atoms with Crippen LogP contribution in [0.4, 0.5) is 0 Å². The highest BCUT2D eigenvalue weighted by Gasteiger charge is 2.31. The summed E-state index contributed by atoms with van der Waals surface area (Å²) in [6.45, 7) is 0. The van der Waals surface area contributed by atoms with E-state index in [0.29, 0.717) is 22.6 Å². The first-order chi connectivity index (χ1) is 18.8. The molecule has 0 aliphatic carbocycles. The molecule has 0 radical (unpaired) electrons. The van der Waals surface area contributed by atoms with Crippen LogP contribution in [0.2, 0.25) is 0 Å². The number of carboxylic acid groups (broad SMARTS) is 1. The molecule has 2 aromatic carbocycles. The number of fused-ring (bicyclic) bond motifs is 1. The van der Waals surface area contributed by atoms with Crippen LogP contribution in [-0.4, -0.2) is 68.5 Å². The van der Waals surface area contributed by atoms with Gasteiger partial charge in [-0.15, -0.1) is 0 Å². The summed E-state index contributed by atoms with van der Waals surface area (Å²) in [5, 5.41) is 15.0. The maximum Gasteiger partial charge on any atom is 0.329 e. The molecule has 0 saturated heterocycles. The Balaban J connectivity index is 1.97. The number of carboxylic acids is 1. The minimum absolute atomic E-state index is 0.0241. The Morgan fingerprint density at radius 3 is 2.10 bits per heavy atom. The summed E-state index contributed by atoms with van der Waals surface area (Å²) in [5.41, 5.74) is -0.309. The molecule has 0 aliphatic rings. The van der Waals surface area contributed by atoms with Crippen molar-refractivity contribution in [1.29, 1.82) is 0 Å². The average Bonchev–Trinajstić information content (AvgIpc) is 2.92. The molecule has 3 unspecified atom stereocenters. The first-order valence-corrected chi connectivity index (χ1v) is 15.1. The number of carbonyl (C=O) groups excluding carboxylic acids is 2. The molecule has 3 rings (SSSR count). The SMILES string of the molecule is CSCCC(NC(=O)C(CCSC)NC(=O)C(Cc1ccccc1)n1c(=O)[nH]c2ccccc2c1=O)C(=O)O. The number of aromatic nitrogens is 2. The van der Waals surface area contributed by atoms with Gasteiger partial charge in [-0.25, -0.2) is 14.2 Å². The highest BCUT2D eigenvalue weighted by atomic mass is 32.2. The van der Waals surface area contributed by atoms with Crippen molar-refractivity contribution >= 4 is 52.2 Å². The molecule has 0 spiro atoms. The Hall–Kier alpha value is -3.51. The van der Waals surface area contributed by atoms with Gasteiger partial charge in [-0.2, -0.15) is 23.5 Å². The van der Waals surface area contributed by atoms with E-state index in [0.717, 1.165) is 4.57 Å². The second-order valence-corrected chi connectivity index (χ2v) is 10.9. The molecular weight excluding hydrogens is 540 g/mol. The first-order valence-electron chi connectivity index (χ1n) is 12.4. The van der Waals surface area contributed by atoms with Crippen LogP contribution in [-0.2, 0) is 20.8 Å².